The molecule has 0 spiro atoms. The van der Waals surface area contributed by atoms with Gasteiger partial charge in [-0.15, -0.1) is 0 Å². The van der Waals surface area contributed by atoms with Gasteiger partial charge in [0.25, 0.3) is 0 Å². The first-order valence-corrected chi connectivity index (χ1v) is 4.95. The number of rotatable bonds is 2. The number of nitrogens with zero attached hydrogens (tertiary/aromatic N) is 3. The molecule has 90 valence electrons. The number of anilines is 1. The van der Waals surface area contributed by atoms with Crippen molar-refractivity contribution in [2.45, 2.75) is 13.1 Å². The number of hydrogen-bond donors (Lipinski definition) is 1. The van der Waals surface area contributed by atoms with Crippen LogP contribution >= 0.6 is 0 Å². The molecule has 0 unspecified atom stereocenters. The smallest absolute Gasteiger partial charge is 0.370 e. The first kappa shape index (κ1) is 11.6. The molecule has 0 saturated heterocycles. The summed E-state index contributed by atoms with van der Waals surface area (Å²) in [4.78, 5) is 11.2. The van der Waals surface area contributed by atoms with Crippen molar-refractivity contribution in [1.29, 1.82) is 0 Å². The van der Waals surface area contributed by atoms with Gasteiger partial charge in [-0.1, -0.05) is 0 Å². The molecule has 2 aromatic heterocycles. The number of hydrogen-bond acceptors (Lipinski definition) is 4. The third-order valence-corrected chi connectivity index (χ3v) is 2.13. The average molecular weight is 242 g/mol. The summed E-state index contributed by atoms with van der Waals surface area (Å²) in [7, 11) is 0. The second-order valence-electron chi connectivity index (χ2n) is 3.32. The van der Waals surface area contributed by atoms with Gasteiger partial charge in [0.15, 0.2) is 5.65 Å². The SMILES string of the molecule is CCNc1ncnc2nc(C(F)(F)F)ccc12. The quantitative estimate of drug-likeness (QED) is 0.878. The van der Waals surface area contributed by atoms with Crippen molar-refractivity contribution in [3.8, 4) is 0 Å². The lowest BCUT2D eigenvalue weighted by atomic mass is 10.2. The minimum atomic E-state index is -4.46. The normalized spacial score (nSPS) is 11.8. The lowest BCUT2D eigenvalue weighted by Crippen LogP contribution is -2.09. The molecule has 0 saturated carbocycles. The molecule has 7 heteroatoms. The van der Waals surface area contributed by atoms with Crippen LogP contribution < -0.4 is 5.32 Å². The van der Waals surface area contributed by atoms with Gasteiger partial charge in [0, 0.05) is 6.54 Å². The van der Waals surface area contributed by atoms with Crippen LogP contribution in [0.3, 0.4) is 0 Å². The number of fused-ring (bicyclic) bond motifs is 1. The van der Waals surface area contributed by atoms with Gasteiger partial charge in [-0.3, -0.25) is 0 Å². The molecular weight excluding hydrogens is 233 g/mol. The molecule has 4 nitrogen and oxygen atoms in total. The molecule has 0 aliphatic carbocycles. The van der Waals surface area contributed by atoms with Gasteiger partial charge in [-0.25, -0.2) is 15.0 Å². The van der Waals surface area contributed by atoms with Crippen molar-refractivity contribution in [2.75, 3.05) is 11.9 Å². The highest BCUT2D eigenvalue weighted by molar-refractivity contribution is 5.86. The van der Waals surface area contributed by atoms with Crippen molar-refractivity contribution in [3.63, 3.8) is 0 Å². The summed E-state index contributed by atoms with van der Waals surface area (Å²) in [6.07, 6.45) is -3.27. The predicted molar refractivity (Wildman–Crippen MR) is 56.5 cm³/mol. The van der Waals surface area contributed by atoms with Crippen LogP contribution in [0.2, 0.25) is 0 Å². The molecule has 2 rings (SSSR count). The van der Waals surface area contributed by atoms with Gasteiger partial charge in [-0.2, -0.15) is 13.2 Å². The van der Waals surface area contributed by atoms with E-state index in [1.807, 2.05) is 6.92 Å². The third kappa shape index (κ3) is 2.27. The highest BCUT2D eigenvalue weighted by atomic mass is 19.4. The van der Waals surface area contributed by atoms with Gasteiger partial charge < -0.3 is 5.32 Å². The summed E-state index contributed by atoms with van der Waals surface area (Å²) in [5.74, 6) is 0.485. The molecule has 17 heavy (non-hydrogen) atoms. The van der Waals surface area contributed by atoms with Gasteiger partial charge in [-0.05, 0) is 19.1 Å². The van der Waals surface area contributed by atoms with E-state index in [-0.39, 0.29) is 5.65 Å². The zero-order chi connectivity index (χ0) is 12.5. The predicted octanol–water partition coefficient (Wildman–Crippen LogP) is 2.48. The zero-order valence-corrected chi connectivity index (χ0v) is 8.91. The van der Waals surface area contributed by atoms with E-state index in [4.69, 9.17) is 0 Å². The van der Waals surface area contributed by atoms with E-state index in [0.29, 0.717) is 17.7 Å². The zero-order valence-electron chi connectivity index (χ0n) is 8.91. The minimum Gasteiger partial charge on any atom is -0.370 e. The maximum absolute atomic E-state index is 12.4. The molecule has 0 fully saturated rings. The van der Waals surface area contributed by atoms with Crippen molar-refractivity contribution in [1.82, 2.24) is 15.0 Å². The Morgan fingerprint density at radius 1 is 1.24 bits per heavy atom. The Labute approximate surface area is 94.9 Å². The largest absolute Gasteiger partial charge is 0.433 e. The molecular formula is C10H9F3N4. The summed E-state index contributed by atoms with van der Waals surface area (Å²) in [6.45, 7) is 2.48. The Hall–Kier alpha value is -1.92. The fourth-order valence-corrected chi connectivity index (χ4v) is 1.41. The number of alkyl halides is 3. The monoisotopic (exact) mass is 242 g/mol. The van der Waals surface area contributed by atoms with E-state index >= 15 is 0 Å². The molecule has 0 atom stereocenters. The van der Waals surface area contributed by atoms with E-state index in [2.05, 4.69) is 20.3 Å². The van der Waals surface area contributed by atoms with Crippen LogP contribution in [0.25, 0.3) is 11.0 Å². The Morgan fingerprint density at radius 3 is 2.65 bits per heavy atom. The van der Waals surface area contributed by atoms with E-state index < -0.39 is 11.9 Å². The minimum absolute atomic E-state index is 0.0331. The Balaban J connectivity index is 2.57. The molecule has 0 aliphatic rings. The summed E-state index contributed by atoms with van der Waals surface area (Å²) in [5, 5.41) is 3.41. The second kappa shape index (κ2) is 4.15. The molecule has 0 radical (unpaired) electrons. The van der Waals surface area contributed by atoms with Gasteiger partial charge in [0.05, 0.1) is 5.39 Å². The molecule has 0 amide bonds. The van der Waals surface area contributed by atoms with Crippen LogP contribution in [0.1, 0.15) is 12.6 Å². The van der Waals surface area contributed by atoms with Crippen LogP contribution in [0.15, 0.2) is 18.5 Å². The number of aromatic nitrogens is 3. The number of nitrogens with one attached hydrogen (secondary N) is 1. The van der Waals surface area contributed by atoms with Crippen molar-refractivity contribution >= 4 is 16.9 Å². The summed E-state index contributed by atoms with van der Waals surface area (Å²) < 4.78 is 37.3. The van der Waals surface area contributed by atoms with Crippen LogP contribution in [0.4, 0.5) is 19.0 Å². The fourth-order valence-electron chi connectivity index (χ4n) is 1.41. The molecule has 2 aromatic rings. The van der Waals surface area contributed by atoms with E-state index in [1.165, 1.54) is 12.4 Å². The Bertz CT molecular complexity index is 539. The maximum atomic E-state index is 12.4. The van der Waals surface area contributed by atoms with Crippen LogP contribution in [-0.4, -0.2) is 21.5 Å². The lowest BCUT2D eigenvalue weighted by molar-refractivity contribution is -0.141. The number of pyridine rings is 1. The highest BCUT2D eigenvalue weighted by Gasteiger charge is 2.32. The number of halogens is 3. The molecule has 2 heterocycles. The Morgan fingerprint density at radius 2 is 2.00 bits per heavy atom. The van der Waals surface area contributed by atoms with Gasteiger partial charge in [0.2, 0.25) is 0 Å². The maximum Gasteiger partial charge on any atom is 0.433 e. The lowest BCUT2D eigenvalue weighted by Gasteiger charge is -2.08. The third-order valence-electron chi connectivity index (χ3n) is 2.13. The second-order valence-corrected chi connectivity index (χ2v) is 3.32. The fraction of sp³-hybridized carbons (Fsp3) is 0.300. The van der Waals surface area contributed by atoms with Crippen LogP contribution in [0, 0.1) is 0 Å². The standard InChI is InChI=1S/C10H9F3N4/c1-2-14-8-6-3-4-7(10(11,12)13)17-9(6)16-5-15-8/h3-5H,2H2,1H3,(H,14,15,16,17). The molecule has 0 bridgehead atoms. The van der Waals surface area contributed by atoms with Gasteiger partial charge in [0.1, 0.15) is 17.8 Å². The van der Waals surface area contributed by atoms with E-state index in [1.54, 1.807) is 0 Å². The summed E-state index contributed by atoms with van der Waals surface area (Å²) >= 11 is 0. The topological polar surface area (TPSA) is 50.7 Å². The highest BCUT2D eigenvalue weighted by Crippen LogP contribution is 2.29. The van der Waals surface area contributed by atoms with Crippen molar-refractivity contribution in [2.24, 2.45) is 0 Å². The first-order valence-electron chi connectivity index (χ1n) is 4.95. The van der Waals surface area contributed by atoms with Crippen LogP contribution in [0.5, 0.6) is 0 Å². The molecule has 1 N–H and O–H groups in total. The summed E-state index contributed by atoms with van der Waals surface area (Å²) in [6, 6.07) is 2.25. The van der Waals surface area contributed by atoms with Gasteiger partial charge >= 0.3 is 6.18 Å². The van der Waals surface area contributed by atoms with E-state index in [0.717, 1.165) is 6.07 Å². The van der Waals surface area contributed by atoms with Crippen molar-refractivity contribution in [3.05, 3.63) is 24.2 Å². The molecule has 0 aliphatic heterocycles. The first-order chi connectivity index (χ1) is 8.02. The van der Waals surface area contributed by atoms with Crippen molar-refractivity contribution < 1.29 is 13.2 Å². The van der Waals surface area contributed by atoms with E-state index in [9.17, 15) is 13.2 Å². The van der Waals surface area contributed by atoms with Crippen LogP contribution in [-0.2, 0) is 6.18 Å². The average Bonchev–Trinajstić information content (AvgIpc) is 2.28. The Kier molecular flexibility index (Phi) is 2.83. The molecule has 0 aromatic carbocycles. The summed E-state index contributed by atoms with van der Waals surface area (Å²) in [5.41, 5.74) is -0.920.